The van der Waals surface area contributed by atoms with Crippen LogP contribution in [0.15, 0.2) is 97.3 Å². The van der Waals surface area contributed by atoms with E-state index in [9.17, 15) is 19.3 Å². The number of unbranched alkanes of at least 4 members (excludes halogenated alkanes) is 16. The fraction of sp³-hybridized carbons (Fsp3) is 0.345. The van der Waals surface area contributed by atoms with Gasteiger partial charge in [0.15, 0.2) is 0 Å². The zero-order chi connectivity index (χ0) is 48.0. The number of nitriles is 2. The van der Waals surface area contributed by atoms with E-state index < -0.39 is 11.6 Å². The zero-order valence-electron chi connectivity index (χ0n) is 39.8. The smallest absolute Gasteiger partial charge is 0.125 e. The molecule has 0 unspecified atom stereocenters. The third kappa shape index (κ3) is 11.7. The van der Waals surface area contributed by atoms with Gasteiger partial charge in [-0.1, -0.05) is 134 Å². The van der Waals surface area contributed by atoms with Gasteiger partial charge in [-0.05, 0) is 73.0 Å². The number of ether oxygens (including phenoxy) is 1. The molecule has 2 N–H and O–H groups in total. The Hall–Kier alpha value is -7.24. The van der Waals surface area contributed by atoms with Gasteiger partial charge in [-0.3, -0.25) is 9.97 Å². The Morgan fingerprint density at radius 3 is 1.51 bits per heavy atom. The summed E-state index contributed by atoms with van der Waals surface area (Å²) < 4.78 is 34.6. The second kappa shape index (κ2) is 23.7. The number of hydrogen-bond donors (Lipinski definition) is 2. The van der Waals surface area contributed by atoms with Crippen LogP contribution in [0.1, 0.15) is 133 Å². The summed E-state index contributed by atoms with van der Waals surface area (Å²) in [6, 6.07) is 28.8. The number of aromatic nitrogens is 6. The van der Waals surface area contributed by atoms with Crippen molar-refractivity contribution in [2.75, 3.05) is 6.61 Å². The van der Waals surface area contributed by atoms with Gasteiger partial charge in [0.2, 0.25) is 0 Å². The molecule has 0 aliphatic rings. The topological polar surface area (TPSA) is 140 Å². The lowest BCUT2D eigenvalue weighted by molar-refractivity contribution is 0.304. The van der Waals surface area contributed by atoms with E-state index in [0.29, 0.717) is 61.5 Å². The van der Waals surface area contributed by atoms with Crippen LogP contribution < -0.4 is 15.4 Å². The van der Waals surface area contributed by atoms with Crippen LogP contribution in [-0.2, 0) is 0 Å². The SMILES string of the molecule is CCCCCCCCCCCCCCCCCCCOc1ccc(-c2[nH]/c(=C(/C#N)c3cnc4cc(F)ccc4n3)c3c(-c4ccccc4C)[nH]/c(=C(/C#N)c4cnc5cc(F)ccc5n4)c23)cc1. The lowest BCUT2D eigenvalue weighted by Gasteiger charge is -2.08. The van der Waals surface area contributed by atoms with Crippen molar-refractivity contribution in [2.24, 2.45) is 0 Å². The molecule has 352 valence electrons. The highest BCUT2D eigenvalue weighted by molar-refractivity contribution is 6.08. The number of hydrogen-bond acceptors (Lipinski definition) is 7. The Kier molecular flexibility index (Phi) is 16.5. The van der Waals surface area contributed by atoms with Crippen molar-refractivity contribution in [3.05, 3.63) is 137 Å². The predicted molar refractivity (Wildman–Crippen MR) is 272 cm³/mol. The first-order valence-corrected chi connectivity index (χ1v) is 24.8. The minimum atomic E-state index is -0.438. The normalized spacial score (nSPS) is 12.4. The Bertz CT molecular complexity index is 3140. The standard InChI is InChI=1S/C58H60F2N8O/c1-3-4-5-6-7-8-9-10-11-12-13-14-15-16-17-18-21-32-69-43-28-24-40(25-29-43)55-53-54(58(67-55)46(36-62)52-38-64-50-34-42(60)27-31-48(50)66-52)56(44-23-20-19-22-39(44)2)68-57(53)45(35-61)51-37-63-49-33-41(59)26-30-47(49)65-51/h19-20,22-31,33-34,37-38,67-68H,3-18,21,32H2,1-2H3/b57-45-,58-46-. The molecule has 8 aromatic rings. The van der Waals surface area contributed by atoms with E-state index in [2.05, 4.69) is 39.0 Å². The van der Waals surface area contributed by atoms with Gasteiger partial charge in [0.1, 0.15) is 52.1 Å². The van der Waals surface area contributed by atoms with E-state index in [1.54, 1.807) is 0 Å². The molecule has 0 amide bonds. The third-order valence-electron chi connectivity index (χ3n) is 13.1. The number of fused-ring (bicyclic) bond motifs is 3. The fourth-order valence-electron chi connectivity index (χ4n) is 9.32. The maximum atomic E-state index is 14.2. The van der Waals surface area contributed by atoms with Crippen LogP contribution in [0.2, 0.25) is 0 Å². The Labute approximate surface area is 403 Å². The molecule has 0 saturated heterocycles. The molecule has 0 radical (unpaired) electrons. The van der Waals surface area contributed by atoms with E-state index in [1.165, 1.54) is 145 Å². The molecule has 0 atom stereocenters. The second-order valence-corrected chi connectivity index (χ2v) is 18.1. The quantitative estimate of drug-likeness (QED) is 0.0609. The molecule has 9 nitrogen and oxygen atoms in total. The summed E-state index contributed by atoms with van der Waals surface area (Å²) in [5.74, 6) is -0.133. The minimum absolute atomic E-state index is 0.199. The number of H-pyrrole nitrogens is 2. The Balaban J connectivity index is 1.07. The maximum Gasteiger partial charge on any atom is 0.125 e. The zero-order valence-corrected chi connectivity index (χ0v) is 39.8. The largest absolute Gasteiger partial charge is 0.494 e. The molecular weight excluding hydrogens is 863 g/mol. The number of aryl methyl sites for hydroxylation is 1. The highest BCUT2D eigenvalue weighted by Crippen LogP contribution is 2.34. The number of nitrogens with one attached hydrogen (secondary N) is 2. The van der Waals surface area contributed by atoms with E-state index in [0.717, 1.165) is 35.3 Å². The third-order valence-corrected chi connectivity index (χ3v) is 13.1. The van der Waals surface area contributed by atoms with Gasteiger partial charge < -0.3 is 14.7 Å². The van der Waals surface area contributed by atoms with Crippen LogP contribution in [-0.4, -0.2) is 36.5 Å². The monoisotopic (exact) mass is 922 g/mol. The average molecular weight is 923 g/mol. The molecule has 0 bridgehead atoms. The summed E-state index contributed by atoms with van der Waals surface area (Å²) in [4.78, 5) is 25.7. The number of benzene rings is 4. The maximum absolute atomic E-state index is 14.2. The Morgan fingerprint density at radius 2 is 1.01 bits per heavy atom. The molecular formula is C58H60F2N8O. The van der Waals surface area contributed by atoms with Crippen LogP contribution in [0.5, 0.6) is 5.75 Å². The molecule has 0 saturated carbocycles. The summed E-state index contributed by atoms with van der Waals surface area (Å²) in [6.45, 7) is 4.90. The van der Waals surface area contributed by atoms with Gasteiger partial charge in [0.05, 0.1) is 63.2 Å². The van der Waals surface area contributed by atoms with Gasteiger partial charge in [0, 0.05) is 28.5 Å². The van der Waals surface area contributed by atoms with Crippen LogP contribution in [0.25, 0.3) is 66.5 Å². The van der Waals surface area contributed by atoms with Gasteiger partial charge in [-0.25, -0.2) is 18.7 Å². The molecule has 4 aromatic carbocycles. The summed E-state index contributed by atoms with van der Waals surface area (Å²) in [6.07, 6.45) is 25.4. The summed E-state index contributed by atoms with van der Waals surface area (Å²) in [5.41, 5.74) is 6.44. The second-order valence-electron chi connectivity index (χ2n) is 18.1. The van der Waals surface area contributed by atoms with E-state index in [-0.39, 0.29) is 22.5 Å². The highest BCUT2D eigenvalue weighted by atomic mass is 19.1. The number of aromatic amines is 2. The Morgan fingerprint density at radius 1 is 0.551 bits per heavy atom. The van der Waals surface area contributed by atoms with Gasteiger partial charge in [0.25, 0.3) is 0 Å². The van der Waals surface area contributed by atoms with Crippen LogP contribution >= 0.6 is 0 Å². The van der Waals surface area contributed by atoms with Crippen molar-refractivity contribution >= 4 is 44.0 Å². The van der Waals surface area contributed by atoms with Gasteiger partial charge in [-0.15, -0.1) is 0 Å². The lowest BCUT2D eigenvalue weighted by Crippen LogP contribution is -2.12. The van der Waals surface area contributed by atoms with Gasteiger partial charge >= 0.3 is 0 Å². The van der Waals surface area contributed by atoms with Crippen molar-refractivity contribution < 1.29 is 13.5 Å². The predicted octanol–water partition coefficient (Wildman–Crippen LogP) is 13.8. The first-order chi connectivity index (χ1) is 33.9. The number of halogens is 2. The fourth-order valence-corrected chi connectivity index (χ4v) is 9.32. The van der Waals surface area contributed by atoms with Gasteiger partial charge in [-0.2, -0.15) is 10.5 Å². The molecule has 11 heteroatoms. The van der Waals surface area contributed by atoms with E-state index in [1.807, 2.05) is 55.5 Å². The van der Waals surface area contributed by atoms with Crippen molar-refractivity contribution in [1.82, 2.24) is 29.9 Å². The molecule has 0 aliphatic heterocycles. The van der Waals surface area contributed by atoms with Crippen molar-refractivity contribution in [1.29, 1.82) is 10.5 Å². The molecule has 8 rings (SSSR count). The van der Waals surface area contributed by atoms with Crippen LogP contribution in [0.3, 0.4) is 0 Å². The lowest BCUT2D eigenvalue weighted by atomic mass is 10.0. The summed E-state index contributed by atoms with van der Waals surface area (Å²) in [7, 11) is 0. The summed E-state index contributed by atoms with van der Waals surface area (Å²) >= 11 is 0. The van der Waals surface area contributed by atoms with E-state index in [4.69, 9.17) is 14.7 Å². The molecule has 0 spiro atoms. The molecule has 0 fully saturated rings. The molecule has 4 aromatic heterocycles. The first kappa shape index (κ1) is 48.2. The molecule has 4 heterocycles. The van der Waals surface area contributed by atoms with Crippen molar-refractivity contribution in [3.63, 3.8) is 0 Å². The molecule has 0 aliphatic carbocycles. The summed E-state index contributed by atoms with van der Waals surface area (Å²) in [5, 5.41) is 24.2. The van der Waals surface area contributed by atoms with Crippen molar-refractivity contribution in [2.45, 2.75) is 123 Å². The highest BCUT2D eigenvalue weighted by Gasteiger charge is 2.24. The average Bonchev–Trinajstić information content (AvgIpc) is 3.94. The molecule has 69 heavy (non-hydrogen) atoms. The minimum Gasteiger partial charge on any atom is -0.494 e. The number of nitrogens with zero attached hydrogens (tertiary/aromatic N) is 6. The van der Waals surface area contributed by atoms with Crippen LogP contribution in [0.4, 0.5) is 8.78 Å². The first-order valence-electron chi connectivity index (χ1n) is 24.8. The van der Waals surface area contributed by atoms with Crippen molar-refractivity contribution in [3.8, 4) is 40.4 Å². The number of rotatable bonds is 23. The van der Waals surface area contributed by atoms with E-state index >= 15 is 0 Å². The van der Waals surface area contributed by atoms with Crippen LogP contribution in [0, 0.1) is 41.2 Å².